The fourth-order valence-corrected chi connectivity index (χ4v) is 0. The zero-order valence-corrected chi connectivity index (χ0v) is 3.59. The average molecular weight is 96.1 g/mol. The molecule has 0 amide bonds. The maximum Gasteiger partial charge on any atom is 0.381 e. The Morgan fingerprint density at radius 3 is 1.71 bits per heavy atom. The summed E-state index contributed by atoms with van der Waals surface area (Å²) < 4.78 is 0. The first-order chi connectivity index (χ1) is 3.27. The highest BCUT2D eigenvalue weighted by Crippen LogP contribution is 1.44. The first-order valence-corrected chi connectivity index (χ1v) is 1.30. The maximum absolute atomic E-state index is 9.13. The molecule has 0 heterocycles. The molecular weight excluding hydrogens is 92.1 g/mol. The van der Waals surface area contributed by atoms with Crippen LogP contribution in [0.5, 0.6) is 0 Å². The number of rotatable bonds is 0. The summed E-state index contributed by atoms with van der Waals surface area (Å²) in [6.07, 6.45) is 12.3. The molecule has 0 bridgehead atoms. The van der Waals surface area contributed by atoms with Gasteiger partial charge in [-0.05, 0) is 0 Å². The van der Waals surface area contributed by atoms with Gasteiger partial charge in [-0.3, -0.25) is 0 Å². The van der Waals surface area contributed by atoms with Crippen LogP contribution in [0.4, 0.5) is 0 Å². The minimum atomic E-state index is -1.22. The number of aliphatic carboxylic acids is 1. The Hall–Kier alpha value is -1.41. The fourth-order valence-electron chi connectivity index (χ4n) is 0. The topological polar surface area (TPSA) is 37.3 Å². The van der Waals surface area contributed by atoms with E-state index < -0.39 is 5.97 Å². The summed E-state index contributed by atoms with van der Waals surface area (Å²) in [6, 6.07) is 0. The van der Waals surface area contributed by atoms with E-state index >= 15 is 0 Å². The molecule has 7 heavy (non-hydrogen) atoms. The zero-order valence-electron chi connectivity index (χ0n) is 3.59. The Bertz CT molecular complexity index is 105. The summed E-state index contributed by atoms with van der Waals surface area (Å²) in [5, 5.41) is 7.49. The molecular formula is C5H4O2. The van der Waals surface area contributed by atoms with Gasteiger partial charge in [-0.1, -0.05) is 0 Å². The number of carbonyl (C=O) groups is 1. The van der Waals surface area contributed by atoms with Gasteiger partial charge in [0.15, 0.2) is 0 Å². The molecule has 0 fully saturated rings. The SMILES string of the molecule is C#C.C#CC(=O)O. The third-order valence-electron chi connectivity index (χ3n) is 0.123. The summed E-state index contributed by atoms with van der Waals surface area (Å²) in [7, 11) is 0. The molecule has 0 saturated heterocycles. The van der Waals surface area contributed by atoms with E-state index in [4.69, 9.17) is 9.90 Å². The first kappa shape index (κ1) is 9.14. The van der Waals surface area contributed by atoms with Gasteiger partial charge in [-0.25, -0.2) is 4.79 Å². The van der Waals surface area contributed by atoms with Crippen LogP contribution in [0.1, 0.15) is 0 Å². The lowest BCUT2D eigenvalue weighted by Gasteiger charge is -1.60. The smallest absolute Gasteiger partial charge is 0.381 e. The molecule has 0 aliphatic heterocycles. The molecule has 0 spiro atoms. The van der Waals surface area contributed by atoms with Crippen LogP contribution in [0.15, 0.2) is 0 Å². The van der Waals surface area contributed by atoms with E-state index in [1.54, 1.807) is 0 Å². The standard InChI is InChI=1S/C3H2O2.C2H2/c1-2-3(4)5;1-2/h1H,(H,4,5);1-2H. The highest BCUT2D eigenvalue weighted by atomic mass is 16.4. The number of terminal acetylenes is 2. The molecule has 36 valence electrons. The van der Waals surface area contributed by atoms with Crippen molar-refractivity contribution in [2.75, 3.05) is 0 Å². The summed E-state index contributed by atoms with van der Waals surface area (Å²) in [6.45, 7) is 0. The molecule has 0 aromatic rings. The van der Waals surface area contributed by atoms with Crippen molar-refractivity contribution in [3.8, 4) is 25.2 Å². The first-order valence-electron chi connectivity index (χ1n) is 1.30. The summed E-state index contributed by atoms with van der Waals surface area (Å²) in [5.74, 6) is 0.227. The van der Waals surface area contributed by atoms with Crippen molar-refractivity contribution in [3.05, 3.63) is 0 Å². The zero-order chi connectivity index (χ0) is 6.28. The predicted molar refractivity (Wildman–Crippen MR) is 26.4 cm³/mol. The third-order valence-corrected chi connectivity index (χ3v) is 0.123. The van der Waals surface area contributed by atoms with Crippen molar-refractivity contribution in [2.45, 2.75) is 0 Å². The van der Waals surface area contributed by atoms with Gasteiger partial charge in [0, 0.05) is 5.92 Å². The molecule has 0 atom stereocenters. The van der Waals surface area contributed by atoms with Gasteiger partial charge in [-0.2, -0.15) is 0 Å². The van der Waals surface area contributed by atoms with E-state index in [1.165, 1.54) is 5.92 Å². The quantitative estimate of drug-likeness (QED) is 0.429. The van der Waals surface area contributed by atoms with Gasteiger partial charge in [0.25, 0.3) is 0 Å². The summed E-state index contributed by atoms with van der Waals surface area (Å²) in [5.41, 5.74) is 0. The van der Waals surface area contributed by atoms with Gasteiger partial charge < -0.3 is 5.11 Å². The molecule has 0 radical (unpaired) electrons. The van der Waals surface area contributed by atoms with E-state index in [2.05, 4.69) is 19.3 Å². The lowest BCUT2D eigenvalue weighted by molar-refractivity contribution is -0.130. The lowest BCUT2D eigenvalue weighted by atomic mass is 10.7. The van der Waals surface area contributed by atoms with E-state index in [0.29, 0.717) is 0 Å². The monoisotopic (exact) mass is 96.0 g/mol. The van der Waals surface area contributed by atoms with Crippen LogP contribution in [-0.4, -0.2) is 11.1 Å². The van der Waals surface area contributed by atoms with Gasteiger partial charge >= 0.3 is 5.97 Å². The van der Waals surface area contributed by atoms with E-state index in [0.717, 1.165) is 0 Å². The predicted octanol–water partition coefficient (Wildman–Crippen LogP) is -0.0464. The van der Waals surface area contributed by atoms with Crippen LogP contribution < -0.4 is 0 Å². The van der Waals surface area contributed by atoms with Gasteiger partial charge in [0.2, 0.25) is 0 Å². The Morgan fingerprint density at radius 1 is 1.57 bits per heavy atom. The molecule has 0 unspecified atom stereocenters. The second-order valence-electron chi connectivity index (χ2n) is 0.449. The second-order valence-corrected chi connectivity index (χ2v) is 0.449. The van der Waals surface area contributed by atoms with Crippen molar-refractivity contribution in [1.82, 2.24) is 0 Å². The van der Waals surface area contributed by atoms with Gasteiger partial charge in [0.1, 0.15) is 0 Å². The van der Waals surface area contributed by atoms with Crippen LogP contribution >= 0.6 is 0 Å². The largest absolute Gasteiger partial charge is 0.472 e. The Labute approximate surface area is 42.2 Å². The fraction of sp³-hybridized carbons (Fsp3) is 0. The van der Waals surface area contributed by atoms with Crippen molar-refractivity contribution in [3.63, 3.8) is 0 Å². The van der Waals surface area contributed by atoms with Crippen molar-refractivity contribution in [2.24, 2.45) is 0 Å². The molecule has 2 heteroatoms. The highest BCUT2D eigenvalue weighted by molar-refractivity contribution is 5.85. The Balaban J connectivity index is 0. The second kappa shape index (κ2) is 8.82. The number of hydrogen-bond donors (Lipinski definition) is 1. The van der Waals surface area contributed by atoms with Crippen LogP contribution in [0, 0.1) is 25.2 Å². The third kappa shape index (κ3) is 88.5. The maximum atomic E-state index is 9.13. The van der Waals surface area contributed by atoms with Crippen molar-refractivity contribution in [1.29, 1.82) is 0 Å². The van der Waals surface area contributed by atoms with Crippen LogP contribution in [-0.2, 0) is 4.79 Å². The average Bonchev–Trinajstić information content (AvgIpc) is 1.73. The van der Waals surface area contributed by atoms with Crippen LogP contribution in [0.25, 0.3) is 0 Å². The number of carboxylic acids is 1. The molecule has 2 nitrogen and oxygen atoms in total. The molecule has 0 saturated carbocycles. The van der Waals surface area contributed by atoms with E-state index in [9.17, 15) is 0 Å². The van der Waals surface area contributed by atoms with Gasteiger partial charge in [0.05, 0.1) is 0 Å². The van der Waals surface area contributed by atoms with Gasteiger partial charge in [-0.15, -0.1) is 19.3 Å². The molecule has 0 aromatic carbocycles. The van der Waals surface area contributed by atoms with E-state index in [-0.39, 0.29) is 0 Å². The molecule has 0 rings (SSSR count). The minimum Gasteiger partial charge on any atom is -0.472 e. The van der Waals surface area contributed by atoms with Crippen LogP contribution in [0.2, 0.25) is 0 Å². The molecule has 1 N–H and O–H groups in total. The summed E-state index contributed by atoms with van der Waals surface area (Å²) in [4.78, 5) is 9.13. The van der Waals surface area contributed by atoms with Crippen molar-refractivity contribution >= 4 is 5.97 Å². The van der Waals surface area contributed by atoms with Crippen molar-refractivity contribution < 1.29 is 9.90 Å². The summed E-state index contributed by atoms with van der Waals surface area (Å²) >= 11 is 0. The van der Waals surface area contributed by atoms with Crippen LogP contribution in [0.3, 0.4) is 0 Å². The molecule has 0 aromatic heterocycles. The molecule has 0 aliphatic carbocycles. The Morgan fingerprint density at radius 2 is 1.71 bits per heavy atom. The minimum absolute atomic E-state index is 1.22. The number of hydrogen-bond acceptors (Lipinski definition) is 1. The molecule has 0 aliphatic rings. The number of carboxylic acid groups (broad SMARTS) is 1. The van der Waals surface area contributed by atoms with E-state index in [1.807, 2.05) is 0 Å². The Kier molecular flexibility index (Phi) is 11.5. The lowest BCUT2D eigenvalue weighted by Crippen LogP contribution is -1.83. The normalized spacial score (nSPS) is 4.14. The highest BCUT2D eigenvalue weighted by Gasteiger charge is 1.74.